The molecule has 0 saturated carbocycles. The predicted molar refractivity (Wildman–Crippen MR) is 65.8 cm³/mol. The van der Waals surface area contributed by atoms with Gasteiger partial charge in [-0.15, -0.1) is 0 Å². The summed E-state index contributed by atoms with van der Waals surface area (Å²) in [6, 6.07) is 0. The van der Waals surface area contributed by atoms with E-state index >= 15 is 0 Å². The minimum atomic E-state index is -3.16. The molecule has 0 fully saturated rings. The first-order valence-electron chi connectivity index (χ1n) is 5.82. The van der Waals surface area contributed by atoms with Crippen LogP contribution in [0.3, 0.4) is 0 Å². The first-order chi connectivity index (χ1) is 7.77. The molecule has 0 aliphatic heterocycles. The summed E-state index contributed by atoms with van der Waals surface area (Å²) in [6.07, 6.45) is 15.9. The average molecular weight is 316 g/mol. The summed E-state index contributed by atoms with van der Waals surface area (Å²) in [5.41, 5.74) is 0. The molecule has 3 heteroatoms. The topological polar surface area (TPSA) is 9.23 Å². The van der Waals surface area contributed by atoms with Crippen LogP contribution in [0, 0.1) is 0 Å². The van der Waals surface area contributed by atoms with Gasteiger partial charge in [0.1, 0.15) is 0 Å². The molecule has 0 atom stereocenters. The van der Waals surface area contributed by atoms with E-state index in [1.54, 1.807) is 0 Å². The van der Waals surface area contributed by atoms with Crippen LogP contribution in [0.15, 0.2) is 43.0 Å². The zero-order valence-corrected chi connectivity index (χ0v) is 12.8. The van der Waals surface area contributed by atoms with E-state index in [9.17, 15) is 0 Å². The van der Waals surface area contributed by atoms with E-state index in [0.29, 0.717) is 0 Å². The fourth-order valence-electron chi connectivity index (χ4n) is 2.01. The number of halogens is 1. The normalized spacial score (nSPS) is 19.1. The molecule has 86 valence electrons. The van der Waals surface area contributed by atoms with E-state index in [2.05, 4.69) is 43.4 Å². The quantitative estimate of drug-likeness (QED) is 0.734. The van der Waals surface area contributed by atoms with E-state index in [1.165, 1.54) is 6.56 Å². The SMILES string of the molecule is CCC[O][Zr]([Cl])([C]1=CC=CC1)[C]1=CC=CC1. The molecule has 0 saturated heterocycles. The number of allylic oxidation sites excluding steroid dienone is 8. The Morgan fingerprint density at radius 2 is 1.75 bits per heavy atom. The Morgan fingerprint density at radius 1 is 1.19 bits per heavy atom. The molecule has 16 heavy (non-hydrogen) atoms. The van der Waals surface area contributed by atoms with Crippen molar-refractivity contribution in [2.45, 2.75) is 26.2 Å². The molecule has 0 aromatic carbocycles. The van der Waals surface area contributed by atoms with Gasteiger partial charge in [-0.3, -0.25) is 0 Å². The zero-order valence-electron chi connectivity index (χ0n) is 9.58. The molecular formula is C13H17ClOZr. The molecule has 0 N–H and O–H groups in total. The molecule has 0 radical (unpaired) electrons. The van der Waals surface area contributed by atoms with E-state index in [-0.39, 0.29) is 0 Å². The van der Waals surface area contributed by atoms with E-state index in [4.69, 9.17) is 11.3 Å². The summed E-state index contributed by atoms with van der Waals surface area (Å²) in [4.78, 5) is 0. The molecule has 0 heterocycles. The number of hydrogen-bond donors (Lipinski definition) is 0. The van der Waals surface area contributed by atoms with Gasteiger partial charge in [-0.2, -0.15) is 0 Å². The third-order valence-electron chi connectivity index (χ3n) is 2.87. The molecule has 0 unspecified atom stereocenters. The van der Waals surface area contributed by atoms with Crippen molar-refractivity contribution in [2.24, 2.45) is 0 Å². The zero-order chi connectivity index (χ0) is 11.4. The summed E-state index contributed by atoms with van der Waals surface area (Å²) in [5, 5.41) is 0. The van der Waals surface area contributed by atoms with Crippen LogP contribution in [0.4, 0.5) is 0 Å². The Bertz CT molecular complexity index is 349. The van der Waals surface area contributed by atoms with E-state index in [0.717, 1.165) is 25.9 Å². The fraction of sp³-hybridized carbons (Fsp3) is 0.385. The number of hydrogen-bond acceptors (Lipinski definition) is 1. The minimum absolute atomic E-state index is 0.786. The Balaban J connectivity index is 2.18. The van der Waals surface area contributed by atoms with E-state index < -0.39 is 19.5 Å². The van der Waals surface area contributed by atoms with Crippen LogP contribution in [-0.2, 0) is 22.3 Å². The molecule has 0 aromatic rings. The second-order valence-corrected chi connectivity index (χ2v) is 14.0. The van der Waals surface area contributed by atoms with Crippen LogP contribution in [0.25, 0.3) is 0 Å². The van der Waals surface area contributed by atoms with Crippen molar-refractivity contribution in [3.05, 3.63) is 43.0 Å². The first kappa shape index (κ1) is 12.5. The monoisotopic (exact) mass is 314 g/mol. The summed E-state index contributed by atoms with van der Waals surface area (Å²) in [5.74, 6) is 0. The molecule has 2 aliphatic rings. The summed E-state index contributed by atoms with van der Waals surface area (Å²) >= 11 is -3.16. The fourth-order valence-corrected chi connectivity index (χ4v) is 10.6. The maximum absolute atomic E-state index is 6.90. The third kappa shape index (κ3) is 2.50. The summed E-state index contributed by atoms with van der Waals surface area (Å²) < 4.78 is 8.83. The van der Waals surface area contributed by atoms with E-state index in [1.807, 2.05) is 0 Å². The Morgan fingerprint density at radius 3 is 2.12 bits per heavy atom. The first-order valence-corrected chi connectivity index (χ1v) is 12.4. The van der Waals surface area contributed by atoms with Gasteiger partial charge in [0.15, 0.2) is 0 Å². The van der Waals surface area contributed by atoms with Gasteiger partial charge in [0, 0.05) is 0 Å². The van der Waals surface area contributed by atoms with Gasteiger partial charge in [-0.25, -0.2) is 0 Å². The second-order valence-electron chi connectivity index (χ2n) is 4.09. The number of rotatable bonds is 5. The van der Waals surface area contributed by atoms with Crippen molar-refractivity contribution >= 4 is 8.51 Å². The molecular weight excluding hydrogens is 299 g/mol. The molecule has 2 rings (SSSR count). The molecule has 0 spiro atoms. The standard InChI is InChI=1S/2C5H5.C3H7O.ClH.Zr/c2*1-2-4-5-3-1;1-2-3-4;;/h2*1-3H,4H2;2-3H2,1H3;1H;/q;;-1;;+2/p-1. The summed E-state index contributed by atoms with van der Waals surface area (Å²) in [6.45, 7) is 2.92. The molecule has 2 aliphatic carbocycles. The Labute approximate surface area is 106 Å². The van der Waals surface area contributed by atoms with Crippen molar-refractivity contribution in [3.63, 3.8) is 0 Å². The van der Waals surface area contributed by atoms with Crippen LogP contribution < -0.4 is 0 Å². The average Bonchev–Trinajstić information content (AvgIpc) is 2.96. The van der Waals surface area contributed by atoms with Gasteiger partial charge in [0.2, 0.25) is 0 Å². The van der Waals surface area contributed by atoms with Crippen LogP contribution in [0.2, 0.25) is 0 Å². The summed E-state index contributed by atoms with van der Waals surface area (Å²) in [7, 11) is 6.90. The molecule has 0 bridgehead atoms. The van der Waals surface area contributed by atoms with Crippen LogP contribution in [0.5, 0.6) is 0 Å². The van der Waals surface area contributed by atoms with Crippen molar-refractivity contribution in [1.29, 1.82) is 0 Å². The molecule has 1 nitrogen and oxygen atoms in total. The third-order valence-corrected chi connectivity index (χ3v) is 13.8. The maximum atomic E-state index is 6.90. The van der Waals surface area contributed by atoms with Crippen LogP contribution >= 0.6 is 8.51 Å². The van der Waals surface area contributed by atoms with Gasteiger partial charge in [-0.05, 0) is 0 Å². The Kier molecular flexibility index (Phi) is 4.41. The predicted octanol–water partition coefficient (Wildman–Crippen LogP) is 4.32. The van der Waals surface area contributed by atoms with Crippen LogP contribution in [-0.4, -0.2) is 6.61 Å². The van der Waals surface area contributed by atoms with Crippen molar-refractivity contribution in [2.75, 3.05) is 6.61 Å². The molecule has 0 amide bonds. The van der Waals surface area contributed by atoms with Crippen molar-refractivity contribution in [1.82, 2.24) is 0 Å². The van der Waals surface area contributed by atoms with Gasteiger partial charge in [-0.1, -0.05) is 0 Å². The Hall–Kier alpha value is 0.0931. The molecule has 0 aromatic heterocycles. The van der Waals surface area contributed by atoms with Gasteiger partial charge >= 0.3 is 107 Å². The van der Waals surface area contributed by atoms with Crippen LogP contribution in [0.1, 0.15) is 26.2 Å². The van der Waals surface area contributed by atoms with Crippen molar-refractivity contribution < 1.29 is 22.3 Å². The second kappa shape index (κ2) is 5.62. The van der Waals surface area contributed by atoms with Gasteiger partial charge in [0.25, 0.3) is 0 Å². The van der Waals surface area contributed by atoms with Crippen molar-refractivity contribution in [3.8, 4) is 0 Å². The van der Waals surface area contributed by atoms with Gasteiger partial charge in [0.05, 0.1) is 0 Å². The van der Waals surface area contributed by atoms with Gasteiger partial charge < -0.3 is 0 Å².